The van der Waals surface area contributed by atoms with Crippen molar-refractivity contribution in [2.75, 3.05) is 23.9 Å². The Hall–Kier alpha value is -1.60. The molecule has 1 rings (SSSR count). The fraction of sp³-hybridized carbons (Fsp3) is 0.417. The molecule has 1 aromatic carbocycles. The molecule has 19 heavy (non-hydrogen) atoms. The highest BCUT2D eigenvalue weighted by Crippen LogP contribution is 2.16. The van der Waals surface area contributed by atoms with E-state index in [1.165, 1.54) is 0 Å². The molecule has 0 saturated heterocycles. The van der Waals surface area contributed by atoms with E-state index >= 15 is 0 Å². The zero-order valence-corrected chi connectivity index (χ0v) is 11.7. The standard InChI is InChI=1S/C12H18N2O4S/c1-9(15)10-4-3-5-11(8-10)14-12(16)13-6-7-19(2,17)18/h3-5,8-9,15H,6-7H2,1-2H3,(H2,13,14,16). The predicted octanol–water partition coefficient (Wildman–Crippen LogP) is 0.906. The van der Waals surface area contributed by atoms with Gasteiger partial charge in [0, 0.05) is 18.5 Å². The molecule has 1 unspecified atom stereocenters. The molecule has 0 saturated carbocycles. The van der Waals surface area contributed by atoms with Gasteiger partial charge in [-0.15, -0.1) is 0 Å². The van der Waals surface area contributed by atoms with Gasteiger partial charge in [0.15, 0.2) is 0 Å². The van der Waals surface area contributed by atoms with Gasteiger partial charge in [-0.05, 0) is 24.6 Å². The number of carbonyl (C=O) groups excluding carboxylic acids is 1. The summed E-state index contributed by atoms with van der Waals surface area (Å²) in [4.78, 5) is 11.5. The smallest absolute Gasteiger partial charge is 0.319 e. The number of rotatable bonds is 5. The van der Waals surface area contributed by atoms with Crippen LogP contribution in [0.1, 0.15) is 18.6 Å². The molecule has 0 fully saturated rings. The van der Waals surface area contributed by atoms with Gasteiger partial charge in [0.25, 0.3) is 0 Å². The molecule has 0 aromatic heterocycles. The fourth-order valence-electron chi connectivity index (χ4n) is 1.40. The van der Waals surface area contributed by atoms with Crippen LogP contribution in [0.15, 0.2) is 24.3 Å². The van der Waals surface area contributed by atoms with Crippen molar-refractivity contribution in [1.29, 1.82) is 0 Å². The van der Waals surface area contributed by atoms with Gasteiger partial charge in [0.1, 0.15) is 9.84 Å². The molecule has 7 heteroatoms. The average Bonchev–Trinajstić information content (AvgIpc) is 2.27. The summed E-state index contributed by atoms with van der Waals surface area (Å²) < 4.78 is 21.8. The predicted molar refractivity (Wildman–Crippen MR) is 73.8 cm³/mol. The number of sulfone groups is 1. The second-order valence-corrected chi connectivity index (χ2v) is 6.57. The summed E-state index contributed by atoms with van der Waals surface area (Å²) in [5.41, 5.74) is 1.23. The summed E-state index contributed by atoms with van der Waals surface area (Å²) >= 11 is 0. The van der Waals surface area contributed by atoms with E-state index in [9.17, 15) is 18.3 Å². The van der Waals surface area contributed by atoms with Crippen LogP contribution in [0, 0.1) is 0 Å². The van der Waals surface area contributed by atoms with Gasteiger partial charge < -0.3 is 15.7 Å². The molecule has 0 radical (unpaired) electrons. The normalized spacial score (nSPS) is 12.8. The van der Waals surface area contributed by atoms with Crippen LogP contribution in [0.2, 0.25) is 0 Å². The van der Waals surface area contributed by atoms with Crippen LogP contribution in [0.5, 0.6) is 0 Å². The summed E-state index contributed by atoms with van der Waals surface area (Å²) in [5, 5.41) is 14.4. The van der Waals surface area contributed by atoms with Crippen LogP contribution >= 0.6 is 0 Å². The van der Waals surface area contributed by atoms with Crippen LogP contribution in [-0.4, -0.2) is 38.1 Å². The lowest BCUT2D eigenvalue weighted by atomic mass is 10.1. The topological polar surface area (TPSA) is 95.5 Å². The molecule has 3 N–H and O–H groups in total. The molecule has 1 atom stereocenters. The SMILES string of the molecule is CC(O)c1cccc(NC(=O)NCCS(C)(=O)=O)c1. The molecule has 1 aromatic rings. The summed E-state index contributed by atoms with van der Waals surface area (Å²) in [6.07, 6.45) is 0.494. The number of aliphatic hydroxyl groups is 1. The zero-order chi connectivity index (χ0) is 14.5. The maximum absolute atomic E-state index is 11.5. The number of urea groups is 1. The van der Waals surface area contributed by atoms with Crippen LogP contribution in [0.25, 0.3) is 0 Å². The van der Waals surface area contributed by atoms with Gasteiger partial charge in [0.2, 0.25) is 0 Å². The van der Waals surface area contributed by atoms with E-state index in [1.54, 1.807) is 31.2 Å². The van der Waals surface area contributed by atoms with E-state index in [1.807, 2.05) is 0 Å². The fourth-order valence-corrected chi connectivity index (χ4v) is 1.87. The van der Waals surface area contributed by atoms with Crippen molar-refractivity contribution < 1.29 is 18.3 Å². The minimum Gasteiger partial charge on any atom is -0.389 e. The second-order valence-electron chi connectivity index (χ2n) is 4.31. The molecular weight excluding hydrogens is 268 g/mol. The van der Waals surface area contributed by atoms with Crippen LogP contribution in [-0.2, 0) is 9.84 Å². The Kier molecular flexibility index (Phi) is 5.31. The van der Waals surface area contributed by atoms with Crippen LogP contribution in [0.3, 0.4) is 0 Å². The monoisotopic (exact) mass is 286 g/mol. The van der Waals surface area contributed by atoms with Crippen LogP contribution < -0.4 is 10.6 Å². The molecule has 0 aliphatic heterocycles. The Morgan fingerprint density at radius 2 is 2.11 bits per heavy atom. The average molecular weight is 286 g/mol. The van der Waals surface area contributed by atoms with Gasteiger partial charge in [-0.25, -0.2) is 13.2 Å². The number of hydrogen-bond acceptors (Lipinski definition) is 4. The first kappa shape index (κ1) is 15.5. The number of benzene rings is 1. The molecule has 0 heterocycles. The number of anilines is 1. The summed E-state index contributed by atoms with van der Waals surface area (Å²) in [7, 11) is -3.09. The lowest BCUT2D eigenvalue weighted by Gasteiger charge is -2.10. The highest BCUT2D eigenvalue weighted by Gasteiger charge is 2.06. The Balaban J connectivity index is 2.50. The van der Waals surface area contributed by atoms with Crippen molar-refractivity contribution in [1.82, 2.24) is 5.32 Å². The molecule has 0 aliphatic carbocycles. The number of nitrogens with one attached hydrogen (secondary N) is 2. The van der Waals surface area contributed by atoms with Gasteiger partial charge in [-0.3, -0.25) is 0 Å². The number of carbonyl (C=O) groups is 1. The molecule has 2 amide bonds. The van der Waals surface area contributed by atoms with Crippen molar-refractivity contribution in [2.24, 2.45) is 0 Å². The van der Waals surface area contributed by atoms with Crippen molar-refractivity contribution in [3.63, 3.8) is 0 Å². The zero-order valence-electron chi connectivity index (χ0n) is 10.9. The highest BCUT2D eigenvalue weighted by molar-refractivity contribution is 7.90. The largest absolute Gasteiger partial charge is 0.389 e. The van der Waals surface area contributed by atoms with Crippen LogP contribution in [0.4, 0.5) is 10.5 Å². The first-order valence-electron chi connectivity index (χ1n) is 5.78. The Morgan fingerprint density at radius 3 is 2.68 bits per heavy atom. The van der Waals surface area contributed by atoms with E-state index in [-0.39, 0.29) is 12.3 Å². The van der Waals surface area contributed by atoms with Gasteiger partial charge in [0.05, 0.1) is 11.9 Å². The molecule has 0 spiro atoms. The molecule has 0 aliphatic rings. The van der Waals surface area contributed by atoms with Crippen molar-refractivity contribution >= 4 is 21.6 Å². The maximum atomic E-state index is 11.5. The molecule has 0 bridgehead atoms. The lowest BCUT2D eigenvalue weighted by molar-refractivity contribution is 0.199. The number of aliphatic hydroxyl groups excluding tert-OH is 1. The van der Waals surface area contributed by atoms with E-state index in [4.69, 9.17) is 0 Å². The first-order chi connectivity index (χ1) is 8.78. The van der Waals surface area contributed by atoms with E-state index in [2.05, 4.69) is 10.6 Å². The maximum Gasteiger partial charge on any atom is 0.319 e. The summed E-state index contributed by atoms with van der Waals surface area (Å²) in [6.45, 7) is 1.69. The lowest BCUT2D eigenvalue weighted by Crippen LogP contribution is -2.32. The van der Waals surface area contributed by atoms with E-state index in [0.717, 1.165) is 6.26 Å². The van der Waals surface area contributed by atoms with E-state index < -0.39 is 22.0 Å². The summed E-state index contributed by atoms with van der Waals surface area (Å²) in [6, 6.07) is 6.32. The summed E-state index contributed by atoms with van der Waals surface area (Å²) in [5.74, 6) is -0.103. The minimum atomic E-state index is -3.09. The Labute approximate surface area is 112 Å². The third kappa shape index (κ3) is 6.21. The van der Waals surface area contributed by atoms with Gasteiger partial charge in [-0.2, -0.15) is 0 Å². The minimum absolute atomic E-state index is 0.0563. The second kappa shape index (κ2) is 6.53. The molecule has 106 valence electrons. The molecule has 6 nitrogen and oxygen atoms in total. The van der Waals surface area contributed by atoms with Crippen molar-refractivity contribution in [2.45, 2.75) is 13.0 Å². The quantitative estimate of drug-likeness (QED) is 0.749. The third-order valence-electron chi connectivity index (χ3n) is 2.39. The Morgan fingerprint density at radius 1 is 1.42 bits per heavy atom. The van der Waals surface area contributed by atoms with Gasteiger partial charge >= 0.3 is 6.03 Å². The van der Waals surface area contributed by atoms with Gasteiger partial charge in [-0.1, -0.05) is 12.1 Å². The number of amides is 2. The highest BCUT2D eigenvalue weighted by atomic mass is 32.2. The van der Waals surface area contributed by atoms with Crippen molar-refractivity contribution in [3.8, 4) is 0 Å². The molecular formula is C12H18N2O4S. The first-order valence-corrected chi connectivity index (χ1v) is 7.84. The van der Waals surface area contributed by atoms with Crippen molar-refractivity contribution in [3.05, 3.63) is 29.8 Å². The number of hydrogen-bond donors (Lipinski definition) is 3. The third-order valence-corrected chi connectivity index (χ3v) is 3.33. The Bertz CT molecular complexity index is 540. The van der Waals surface area contributed by atoms with E-state index in [0.29, 0.717) is 11.3 Å².